The molecule has 0 spiro atoms. The summed E-state index contributed by atoms with van der Waals surface area (Å²) in [4.78, 5) is 30.8. The van der Waals surface area contributed by atoms with E-state index in [2.05, 4.69) is 10.3 Å². The smallest absolute Gasteiger partial charge is 0.253 e. The Labute approximate surface area is 159 Å². The van der Waals surface area contributed by atoms with Gasteiger partial charge < -0.3 is 15.0 Å². The minimum absolute atomic E-state index is 0.0101. The average Bonchev–Trinajstić information content (AvgIpc) is 2.73. The Hall–Kier alpha value is -2.89. The standard InChI is InChI=1S/C21H25N3O3/c1-2-14-27-19-5-3-4-17(15-19)21(26)24-12-8-18(9-13-24)23-20(25)16-6-10-22-11-7-16/h3-7,10-11,15,18H,2,8-9,12-14H2,1H3,(H,23,25). The van der Waals surface area contributed by atoms with Crippen LogP contribution >= 0.6 is 0 Å². The molecular weight excluding hydrogens is 342 g/mol. The summed E-state index contributed by atoms with van der Waals surface area (Å²) in [7, 11) is 0. The highest BCUT2D eigenvalue weighted by Gasteiger charge is 2.25. The Morgan fingerprint density at radius 2 is 1.89 bits per heavy atom. The second kappa shape index (κ2) is 9.16. The van der Waals surface area contributed by atoms with E-state index in [9.17, 15) is 9.59 Å². The molecule has 1 fully saturated rings. The SMILES string of the molecule is CCCOc1cccc(C(=O)N2CCC(NC(=O)c3ccncc3)CC2)c1. The van der Waals surface area contributed by atoms with Crippen LogP contribution in [-0.4, -0.2) is 47.4 Å². The largest absolute Gasteiger partial charge is 0.494 e. The minimum Gasteiger partial charge on any atom is -0.494 e. The Morgan fingerprint density at radius 1 is 1.15 bits per heavy atom. The number of carbonyl (C=O) groups is 2. The van der Waals surface area contributed by atoms with Gasteiger partial charge in [0.25, 0.3) is 11.8 Å². The maximum absolute atomic E-state index is 12.8. The fraction of sp³-hybridized carbons (Fsp3) is 0.381. The highest BCUT2D eigenvalue weighted by molar-refractivity contribution is 5.95. The molecule has 2 amide bonds. The second-order valence-corrected chi connectivity index (χ2v) is 6.65. The Kier molecular flexibility index (Phi) is 6.41. The van der Waals surface area contributed by atoms with Crippen LogP contribution < -0.4 is 10.1 Å². The lowest BCUT2D eigenvalue weighted by Gasteiger charge is -2.32. The van der Waals surface area contributed by atoms with Crippen molar-refractivity contribution in [3.8, 4) is 5.75 Å². The Balaban J connectivity index is 1.53. The lowest BCUT2D eigenvalue weighted by atomic mass is 10.0. The van der Waals surface area contributed by atoms with Gasteiger partial charge in [0, 0.05) is 42.7 Å². The summed E-state index contributed by atoms with van der Waals surface area (Å²) < 4.78 is 5.61. The van der Waals surface area contributed by atoms with Gasteiger partial charge in [0.2, 0.25) is 0 Å². The van der Waals surface area contributed by atoms with Crippen LogP contribution in [0.1, 0.15) is 46.9 Å². The van der Waals surface area contributed by atoms with Gasteiger partial charge in [-0.25, -0.2) is 0 Å². The molecule has 1 aliphatic heterocycles. The molecule has 3 rings (SSSR count). The maximum atomic E-state index is 12.8. The van der Waals surface area contributed by atoms with Gasteiger partial charge in [-0.05, 0) is 49.6 Å². The molecule has 0 radical (unpaired) electrons. The number of rotatable bonds is 6. The third-order valence-corrected chi connectivity index (χ3v) is 4.61. The summed E-state index contributed by atoms with van der Waals surface area (Å²) >= 11 is 0. The molecule has 0 aliphatic carbocycles. The van der Waals surface area contributed by atoms with Crippen LogP contribution in [0.2, 0.25) is 0 Å². The zero-order valence-electron chi connectivity index (χ0n) is 15.6. The van der Waals surface area contributed by atoms with Gasteiger partial charge in [-0.2, -0.15) is 0 Å². The number of ether oxygens (including phenoxy) is 1. The molecule has 0 saturated carbocycles. The third-order valence-electron chi connectivity index (χ3n) is 4.61. The monoisotopic (exact) mass is 367 g/mol. The molecule has 0 unspecified atom stereocenters. The number of benzene rings is 1. The van der Waals surface area contributed by atoms with Crippen LogP contribution in [-0.2, 0) is 0 Å². The molecule has 142 valence electrons. The molecule has 1 saturated heterocycles. The van der Waals surface area contributed by atoms with Crippen molar-refractivity contribution >= 4 is 11.8 Å². The number of carbonyl (C=O) groups excluding carboxylic acids is 2. The van der Waals surface area contributed by atoms with Gasteiger partial charge in [0.15, 0.2) is 0 Å². The molecule has 1 N–H and O–H groups in total. The van der Waals surface area contributed by atoms with Gasteiger partial charge in [-0.3, -0.25) is 14.6 Å². The lowest BCUT2D eigenvalue weighted by Crippen LogP contribution is -2.46. The summed E-state index contributed by atoms with van der Waals surface area (Å²) in [5.41, 5.74) is 1.25. The summed E-state index contributed by atoms with van der Waals surface area (Å²) in [6, 6.07) is 10.8. The molecule has 1 aliphatic rings. The highest BCUT2D eigenvalue weighted by atomic mass is 16.5. The average molecular weight is 367 g/mol. The number of aromatic nitrogens is 1. The number of nitrogens with zero attached hydrogens (tertiary/aromatic N) is 2. The molecule has 2 heterocycles. The van der Waals surface area contributed by atoms with Crippen LogP contribution in [0.15, 0.2) is 48.8 Å². The first-order chi connectivity index (χ1) is 13.2. The quantitative estimate of drug-likeness (QED) is 0.852. The highest BCUT2D eigenvalue weighted by Crippen LogP contribution is 2.18. The van der Waals surface area contributed by atoms with E-state index in [0.29, 0.717) is 30.8 Å². The molecule has 2 aromatic rings. The van der Waals surface area contributed by atoms with Gasteiger partial charge >= 0.3 is 0 Å². The van der Waals surface area contributed by atoms with E-state index in [4.69, 9.17) is 4.74 Å². The van der Waals surface area contributed by atoms with Crippen LogP contribution in [0.3, 0.4) is 0 Å². The number of hydrogen-bond donors (Lipinski definition) is 1. The van der Waals surface area contributed by atoms with Crippen LogP contribution in [0.5, 0.6) is 5.75 Å². The first-order valence-corrected chi connectivity index (χ1v) is 9.40. The van der Waals surface area contributed by atoms with Gasteiger partial charge in [0.05, 0.1) is 6.61 Å². The van der Waals surface area contributed by atoms with Crippen molar-refractivity contribution in [1.82, 2.24) is 15.2 Å². The van der Waals surface area contributed by atoms with Crippen molar-refractivity contribution in [3.63, 3.8) is 0 Å². The second-order valence-electron chi connectivity index (χ2n) is 6.65. The van der Waals surface area contributed by atoms with Crippen LogP contribution in [0.4, 0.5) is 0 Å². The molecule has 1 aromatic carbocycles. The van der Waals surface area contributed by atoms with Crippen molar-refractivity contribution in [1.29, 1.82) is 0 Å². The fourth-order valence-electron chi connectivity index (χ4n) is 3.12. The van der Waals surface area contributed by atoms with Crippen molar-refractivity contribution in [2.75, 3.05) is 19.7 Å². The zero-order valence-corrected chi connectivity index (χ0v) is 15.6. The fourth-order valence-corrected chi connectivity index (χ4v) is 3.12. The first-order valence-electron chi connectivity index (χ1n) is 9.40. The van der Waals surface area contributed by atoms with E-state index < -0.39 is 0 Å². The number of piperidine rings is 1. The molecule has 0 bridgehead atoms. The summed E-state index contributed by atoms with van der Waals surface area (Å²) in [6.07, 6.45) is 5.63. The van der Waals surface area contributed by atoms with Crippen molar-refractivity contribution < 1.29 is 14.3 Å². The van der Waals surface area contributed by atoms with Crippen LogP contribution in [0, 0.1) is 0 Å². The number of nitrogens with one attached hydrogen (secondary N) is 1. The lowest BCUT2D eigenvalue weighted by molar-refractivity contribution is 0.0697. The Morgan fingerprint density at radius 3 is 2.59 bits per heavy atom. The molecule has 27 heavy (non-hydrogen) atoms. The molecule has 1 aromatic heterocycles. The van der Waals surface area contributed by atoms with E-state index in [1.807, 2.05) is 30.0 Å². The summed E-state index contributed by atoms with van der Waals surface area (Å²) in [5.74, 6) is 0.640. The molecule has 6 nitrogen and oxygen atoms in total. The minimum atomic E-state index is -0.0945. The van der Waals surface area contributed by atoms with E-state index in [1.54, 1.807) is 30.6 Å². The van der Waals surface area contributed by atoms with Crippen molar-refractivity contribution in [2.24, 2.45) is 0 Å². The first kappa shape index (κ1) is 18.9. The predicted octanol–water partition coefficient (Wildman–Crippen LogP) is 2.91. The molecule has 0 atom stereocenters. The topological polar surface area (TPSA) is 71.5 Å². The predicted molar refractivity (Wildman–Crippen MR) is 103 cm³/mol. The molecule has 6 heteroatoms. The van der Waals surface area contributed by atoms with Gasteiger partial charge in [-0.1, -0.05) is 13.0 Å². The van der Waals surface area contributed by atoms with Gasteiger partial charge in [0.1, 0.15) is 5.75 Å². The van der Waals surface area contributed by atoms with E-state index >= 15 is 0 Å². The number of amides is 2. The summed E-state index contributed by atoms with van der Waals surface area (Å²) in [5, 5.41) is 3.04. The van der Waals surface area contributed by atoms with E-state index in [-0.39, 0.29) is 17.9 Å². The number of pyridine rings is 1. The van der Waals surface area contributed by atoms with Crippen molar-refractivity contribution in [2.45, 2.75) is 32.2 Å². The number of hydrogen-bond acceptors (Lipinski definition) is 4. The van der Waals surface area contributed by atoms with E-state index in [1.165, 1.54) is 0 Å². The normalized spacial score (nSPS) is 14.6. The van der Waals surface area contributed by atoms with Crippen molar-refractivity contribution in [3.05, 3.63) is 59.9 Å². The molecular formula is C21H25N3O3. The third kappa shape index (κ3) is 5.06. The van der Waals surface area contributed by atoms with Crippen LogP contribution in [0.25, 0.3) is 0 Å². The number of likely N-dealkylation sites (tertiary alicyclic amines) is 1. The maximum Gasteiger partial charge on any atom is 0.253 e. The Bertz CT molecular complexity index is 771. The zero-order chi connectivity index (χ0) is 19.1. The van der Waals surface area contributed by atoms with Gasteiger partial charge in [-0.15, -0.1) is 0 Å². The van der Waals surface area contributed by atoms with E-state index in [0.717, 1.165) is 25.0 Å². The summed E-state index contributed by atoms with van der Waals surface area (Å²) in [6.45, 7) is 3.94.